The van der Waals surface area contributed by atoms with Crippen molar-refractivity contribution in [3.8, 4) is 0 Å². The Morgan fingerprint density at radius 2 is 1.84 bits per heavy atom. The molecular formula is C15H21NO3. The van der Waals surface area contributed by atoms with E-state index in [-0.39, 0.29) is 24.2 Å². The van der Waals surface area contributed by atoms with Crippen LogP contribution in [0.15, 0.2) is 24.3 Å². The van der Waals surface area contributed by atoms with Crippen molar-refractivity contribution in [2.24, 2.45) is 0 Å². The van der Waals surface area contributed by atoms with Crippen molar-refractivity contribution < 1.29 is 14.7 Å². The third kappa shape index (κ3) is 4.73. The van der Waals surface area contributed by atoms with Crippen LogP contribution in [0.25, 0.3) is 0 Å². The van der Waals surface area contributed by atoms with Gasteiger partial charge in [0, 0.05) is 18.4 Å². The summed E-state index contributed by atoms with van der Waals surface area (Å²) < 4.78 is 0. The molecule has 0 heterocycles. The molecule has 0 unspecified atom stereocenters. The Labute approximate surface area is 113 Å². The highest BCUT2D eigenvalue weighted by Gasteiger charge is 2.22. The van der Waals surface area contributed by atoms with Crippen LogP contribution < -0.4 is 5.32 Å². The fourth-order valence-electron chi connectivity index (χ4n) is 2.06. The number of benzene rings is 1. The van der Waals surface area contributed by atoms with Gasteiger partial charge in [-0.05, 0) is 18.1 Å². The minimum Gasteiger partial charge on any atom is -0.481 e. The van der Waals surface area contributed by atoms with Crippen molar-refractivity contribution in [2.75, 3.05) is 6.54 Å². The number of aliphatic carboxylic acids is 1. The van der Waals surface area contributed by atoms with E-state index in [1.54, 1.807) is 0 Å². The van der Waals surface area contributed by atoms with E-state index in [0.717, 1.165) is 0 Å². The molecule has 1 rings (SSSR count). The quantitative estimate of drug-likeness (QED) is 0.827. The average molecular weight is 263 g/mol. The molecule has 0 aliphatic heterocycles. The Hall–Kier alpha value is -1.84. The van der Waals surface area contributed by atoms with Gasteiger partial charge in [0.25, 0.3) is 0 Å². The zero-order chi connectivity index (χ0) is 14.5. The number of hydrogen-bond acceptors (Lipinski definition) is 2. The molecule has 0 aliphatic rings. The summed E-state index contributed by atoms with van der Waals surface area (Å²) in [6.07, 6.45) is -0.101. The van der Waals surface area contributed by atoms with Crippen LogP contribution in [-0.2, 0) is 15.0 Å². The number of amides is 1. The van der Waals surface area contributed by atoms with Crippen LogP contribution in [0.1, 0.15) is 37.8 Å². The maximum Gasteiger partial charge on any atom is 0.303 e. The van der Waals surface area contributed by atoms with E-state index in [0.29, 0.717) is 6.54 Å². The van der Waals surface area contributed by atoms with Gasteiger partial charge in [0.05, 0.1) is 6.42 Å². The molecule has 104 valence electrons. The highest BCUT2D eigenvalue weighted by Crippen LogP contribution is 2.25. The highest BCUT2D eigenvalue weighted by molar-refractivity contribution is 5.80. The van der Waals surface area contributed by atoms with Crippen molar-refractivity contribution in [3.05, 3.63) is 35.4 Å². The van der Waals surface area contributed by atoms with Crippen LogP contribution in [0.2, 0.25) is 0 Å². The number of carboxylic acids is 1. The topological polar surface area (TPSA) is 66.4 Å². The predicted octanol–water partition coefficient (Wildman–Crippen LogP) is 2.25. The van der Waals surface area contributed by atoms with E-state index < -0.39 is 5.97 Å². The molecule has 1 amide bonds. The molecule has 4 nitrogen and oxygen atoms in total. The second-order valence-corrected chi connectivity index (χ2v) is 5.37. The SMILES string of the molecule is Cc1ccccc1C(C)(C)CNC(=O)CCC(=O)O. The number of nitrogens with one attached hydrogen (secondary N) is 1. The van der Waals surface area contributed by atoms with Gasteiger partial charge in [-0.2, -0.15) is 0 Å². The number of carbonyl (C=O) groups is 2. The summed E-state index contributed by atoms with van der Waals surface area (Å²) >= 11 is 0. The number of carboxylic acid groups (broad SMARTS) is 1. The number of carbonyl (C=O) groups excluding carboxylic acids is 1. The Balaban J connectivity index is 2.58. The third-order valence-electron chi connectivity index (χ3n) is 3.17. The van der Waals surface area contributed by atoms with E-state index in [2.05, 4.69) is 25.2 Å². The van der Waals surface area contributed by atoms with E-state index in [9.17, 15) is 9.59 Å². The first-order valence-corrected chi connectivity index (χ1v) is 6.37. The van der Waals surface area contributed by atoms with Gasteiger partial charge in [0.1, 0.15) is 0 Å². The Morgan fingerprint density at radius 1 is 1.21 bits per heavy atom. The minimum absolute atomic E-state index is 0.0270. The molecule has 0 aliphatic carbocycles. The van der Waals surface area contributed by atoms with Gasteiger partial charge in [-0.1, -0.05) is 38.1 Å². The zero-order valence-corrected chi connectivity index (χ0v) is 11.7. The monoisotopic (exact) mass is 263 g/mol. The zero-order valence-electron chi connectivity index (χ0n) is 11.7. The standard InChI is InChI=1S/C15H21NO3/c1-11-6-4-5-7-12(11)15(2,3)10-16-13(17)8-9-14(18)19/h4-7H,8-10H2,1-3H3,(H,16,17)(H,18,19). The molecule has 0 radical (unpaired) electrons. The largest absolute Gasteiger partial charge is 0.481 e. The molecular weight excluding hydrogens is 242 g/mol. The van der Waals surface area contributed by atoms with Gasteiger partial charge >= 0.3 is 5.97 Å². The van der Waals surface area contributed by atoms with Crippen LogP contribution in [-0.4, -0.2) is 23.5 Å². The number of hydrogen-bond donors (Lipinski definition) is 2. The van der Waals surface area contributed by atoms with Crippen molar-refractivity contribution in [3.63, 3.8) is 0 Å². The summed E-state index contributed by atoms with van der Waals surface area (Å²) in [6.45, 7) is 6.67. The summed E-state index contributed by atoms with van der Waals surface area (Å²) in [4.78, 5) is 21.9. The lowest BCUT2D eigenvalue weighted by atomic mass is 9.82. The maximum absolute atomic E-state index is 11.5. The first-order valence-electron chi connectivity index (χ1n) is 6.37. The van der Waals surface area contributed by atoms with E-state index in [1.807, 2.05) is 25.1 Å². The molecule has 0 aromatic heterocycles. The first-order chi connectivity index (χ1) is 8.83. The van der Waals surface area contributed by atoms with Crippen LogP contribution in [0, 0.1) is 6.92 Å². The second kappa shape index (κ2) is 6.36. The molecule has 0 spiro atoms. The van der Waals surface area contributed by atoms with Gasteiger partial charge in [-0.15, -0.1) is 0 Å². The molecule has 1 aromatic carbocycles. The van der Waals surface area contributed by atoms with E-state index in [4.69, 9.17) is 5.11 Å². The second-order valence-electron chi connectivity index (χ2n) is 5.37. The lowest BCUT2D eigenvalue weighted by Crippen LogP contribution is -2.37. The number of aryl methyl sites for hydroxylation is 1. The highest BCUT2D eigenvalue weighted by atomic mass is 16.4. The third-order valence-corrected chi connectivity index (χ3v) is 3.17. The number of rotatable bonds is 6. The van der Waals surface area contributed by atoms with E-state index in [1.165, 1.54) is 11.1 Å². The first kappa shape index (κ1) is 15.2. The average Bonchev–Trinajstić information content (AvgIpc) is 2.34. The van der Waals surface area contributed by atoms with Gasteiger partial charge < -0.3 is 10.4 Å². The Bertz CT molecular complexity index is 466. The maximum atomic E-state index is 11.5. The molecule has 0 atom stereocenters. The summed E-state index contributed by atoms with van der Waals surface area (Å²) in [5.41, 5.74) is 2.20. The predicted molar refractivity (Wildman–Crippen MR) is 74.1 cm³/mol. The van der Waals surface area contributed by atoms with Crippen LogP contribution in [0.4, 0.5) is 0 Å². The summed E-state index contributed by atoms with van der Waals surface area (Å²) in [7, 11) is 0. The minimum atomic E-state index is -0.951. The van der Waals surface area contributed by atoms with Crippen LogP contribution >= 0.6 is 0 Å². The molecule has 0 fully saturated rings. The van der Waals surface area contributed by atoms with Gasteiger partial charge in [0.15, 0.2) is 0 Å². The molecule has 0 bridgehead atoms. The fourth-order valence-corrected chi connectivity index (χ4v) is 2.06. The smallest absolute Gasteiger partial charge is 0.303 e. The molecule has 0 saturated carbocycles. The Kier molecular flexibility index (Phi) is 5.10. The van der Waals surface area contributed by atoms with Crippen molar-refractivity contribution >= 4 is 11.9 Å². The normalized spacial score (nSPS) is 11.1. The summed E-state index contributed by atoms with van der Waals surface area (Å²) in [5, 5.41) is 11.3. The van der Waals surface area contributed by atoms with Crippen molar-refractivity contribution in [1.82, 2.24) is 5.32 Å². The molecule has 4 heteroatoms. The van der Waals surface area contributed by atoms with Crippen molar-refractivity contribution in [1.29, 1.82) is 0 Å². The van der Waals surface area contributed by atoms with Gasteiger partial charge in [-0.3, -0.25) is 9.59 Å². The Morgan fingerprint density at radius 3 is 2.42 bits per heavy atom. The van der Waals surface area contributed by atoms with Gasteiger partial charge in [-0.25, -0.2) is 0 Å². The molecule has 0 saturated heterocycles. The molecule has 1 aromatic rings. The lowest BCUT2D eigenvalue weighted by Gasteiger charge is -2.27. The van der Waals surface area contributed by atoms with Gasteiger partial charge in [0.2, 0.25) is 5.91 Å². The summed E-state index contributed by atoms with van der Waals surface area (Å²) in [6, 6.07) is 8.07. The van der Waals surface area contributed by atoms with Crippen LogP contribution in [0.5, 0.6) is 0 Å². The molecule has 2 N–H and O–H groups in total. The van der Waals surface area contributed by atoms with Crippen molar-refractivity contribution in [2.45, 2.75) is 39.0 Å². The summed E-state index contributed by atoms with van der Waals surface area (Å²) in [5.74, 6) is -1.17. The van der Waals surface area contributed by atoms with Crippen LogP contribution in [0.3, 0.4) is 0 Å². The van der Waals surface area contributed by atoms with E-state index >= 15 is 0 Å². The molecule has 19 heavy (non-hydrogen) atoms. The lowest BCUT2D eigenvalue weighted by molar-refractivity contribution is -0.138. The fraction of sp³-hybridized carbons (Fsp3) is 0.467.